The molecule has 2 aliphatic rings. The van der Waals surface area contributed by atoms with E-state index in [0.717, 1.165) is 30.5 Å². The summed E-state index contributed by atoms with van der Waals surface area (Å²) in [5, 5.41) is 2.65. The average Bonchev–Trinajstić information content (AvgIpc) is 2.75. The molecule has 4 rings (SSSR count). The van der Waals surface area contributed by atoms with Gasteiger partial charge in [0, 0.05) is 51.0 Å². The van der Waals surface area contributed by atoms with Gasteiger partial charge in [0.15, 0.2) is 0 Å². The van der Waals surface area contributed by atoms with E-state index < -0.39 is 5.82 Å². The lowest BCUT2D eigenvalue weighted by Gasteiger charge is -2.36. The molecule has 0 bridgehead atoms. The minimum atomic E-state index is -0.438. The third-order valence-corrected chi connectivity index (χ3v) is 5.13. The number of carbonyl (C=O) groups excluding carboxylic acids is 1. The van der Waals surface area contributed by atoms with Crippen molar-refractivity contribution in [2.45, 2.75) is 6.92 Å². The molecule has 0 unspecified atom stereocenters. The first-order valence-corrected chi connectivity index (χ1v) is 9.84. The number of hydrogen-bond donors (Lipinski definition) is 1. The van der Waals surface area contributed by atoms with Crippen molar-refractivity contribution in [3.8, 4) is 0 Å². The molecule has 9 heteroatoms. The summed E-state index contributed by atoms with van der Waals surface area (Å²) in [6.07, 6.45) is 0. The Morgan fingerprint density at radius 2 is 1.76 bits per heavy atom. The van der Waals surface area contributed by atoms with Crippen molar-refractivity contribution in [2.75, 3.05) is 67.6 Å². The van der Waals surface area contributed by atoms with Crippen LogP contribution in [0.25, 0.3) is 0 Å². The molecule has 0 radical (unpaired) electrons. The first kappa shape index (κ1) is 19.4. The highest BCUT2D eigenvalue weighted by molar-refractivity contribution is 5.89. The molecular weight excluding hydrogens is 375 g/mol. The zero-order valence-electron chi connectivity index (χ0n) is 16.5. The number of ether oxygens (including phenoxy) is 1. The Balaban J connectivity index is 1.38. The van der Waals surface area contributed by atoms with Gasteiger partial charge in [0.05, 0.1) is 18.9 Å². The van der Waals surface area contributed by atoms with Gasteiger partial charge in [0.2, 0.25) is 5.95 Å². The van der Waals surface area contributed by atoms with Crippen LogP contribution in [-0.2, 0) is 4.74 Å². The van der Waals surface area contributed by atoms with Crippen LogP contribution in [0, 0.1) is 12.7 Å². The number of morpholine rings is 1. The van der Waals surface area contributed by atoms with Crippen LogP contribution in [0.3, 0.4) is 0 Å². The summed E-state index contributed by atoms with van der Waals surface area (Å²) in [7, 11) is 0. The molecule has 2 amide bonds. The maximum atomic E-state index is 13.8. The highest BCUT2D eigenvalue weighted by atomic mass is 19.1. The van der Waals surface area contributed by atoms with Crippen LogP contribution in [0.1, 0.15) is 5.69 Å². The van der Waals surface area contributed by atoms with E-state index in [1.165, 1.54) is 6.07 Å². The van der Waals surface area contributed by atoms with Crippen molar-refractivity contribution in [2.24, 2.45) is 0 Å². The molecule has 2 aromatic rings. The second-order valence-electron chi connectivity index (χ2n) is 7.15. The van der Waals surface area contributed by atoms with Gasteiger partial charge in [-0.15, -0.1) is 0 Å². The fourth-order valence-electron chi connectivity index (χ4n) is 3.50. The van der Waals surface area contributed by atoms with Crippen LogP contribution >= 0.6 is 0 Å². The summed E-state index contributed by atoms with van der Waals surface area (Å²) in [4.78, 5) is 27.8. The van der Waals surface area contributed by atoms with Crippen LogP contribution in [0.4, 0.5) is 26.6 Å². The molecular formula is C20H25FN6O2. The number of hydrogen-bond acceptors (Lipinski definition) is 6. The quantitative estimate of drug-likeness (QED) is 0.851. The maximum Gasteiger partial charge on any atom is 0.322 e. The Bertz CT molecular complexity index is 866. The van der Waals surface area contributed by atoms with Crippen LogP contribution in [0.2, 0.25) is 0 Å². The largest absolute Gasteiger partial charge is 0.378 e. The first-order chi connectivity index (χ1) is 14.1. The fraction of sp³-hybridized carbons (Fsp3) is 0.450. The van der Waals surface area contributed by atoms with Crippen molar-refractivity contribution in [3.05, 3.63) is 41.8 Å². The monoisotopic (exact) mass is 400 g/mol. The zero-order chi connectivity index (χ0) is 20.2. The standard InChI is InChI=1S/C20H25FN6O2/c1-15-14-18(24-19(22-15)26-10-12-29-13-11-26)25-6-8-27(9-7-25)20(28)23-17-5-3-2-4-16(17)21/h2-5,14H,6-13H2,1H3,(H,23,28). The van der Waals surface area contributed by atoms with Crippen molar-refractivity contribution in [1.82, 2.24) is 14.9 Å². The molecule has 1 N–H and O–H groups in total. The number of aryl methyl sites for hydroxylation is 1. The fourth-order valence-corrected chi connectivity index (χ4v) is 3.50. The molecule has 1 aromatic carbocycles. The number of nitrogens with zero attached hydrogens (tertiary/aromatic N) is 5. The van der Waals surface area contributed by atoms with Crippen molar-refractivity contribution in [3.63, 3.8) is 0 Å². The summed E-state index contributed by atoms with van der Waals surface area (Å²) in [5.74, 6) is 1.16. The molecule has 3 heterocycles. The van der Waals surface area contributed by atoms with Gasteiger partial charge in [0.1, 0.15) is 11.6 Å². The van der Waals surface area contributed by atoms with Gasteiger partial charge in [-0.05, 0) is 19.1 Å². The molecule has 8 nitrogen and oxygen atoms in total. The van der Waals surface area contributed by atoms with E-state index in [2.05, 4.69) is 20.1 Å². The van der Waals surface area contributed by atoms with Gasteiger partial charge >= 0.3 is 6.03 Å². The van der Waals surface area contributed by atoms with Gasteiger partial charge in [-0.1, -0.05) is 12.1 Å². The van der Waals surface area contributed by atoms with Crippen molar-refractivity contribution < 1.29 is 13.9 Å². The Kier molecular flexibility index (Phi) is 5.75. The predicted molar refractivity (Wildman–Crippen MR) is 109 cm³/mol. The maximum absolute atomic E-state index is 13.8. The van der Waals surface area contributed by atoms with Crippen molar-refractivity contribution >= 4 is 23.5 Å². The Labute approximate surface area is 169 Å². The number of aromatic nitrogens is 2. The second kappa shape index (κ2) is 8.60. The van der Waals surface area contributed by atoms with Gasteiger partial charge in [0.25, 0.3) is 0 Å². The molecule has 1 aromatic heterocycles. The Morgan fingerprint density at radius 3 is 2.48 bits per heavy atom. The first-order valence-electron chi connectivity index (χ1n) is 9.84. The highest BCUT2D eigenvalue weighted by Gasteiger charge is 2.24. The second-order valence-corrected chi connectivity index (χ2v) is 7.15. The van der Waals surface area contributed by atoms with E-state index >= 15 is 0 Å². The molecule has 2 fully saturated rings. The summed E-state index contributed by atoms with van der Waals surface area (Å²) in [6, 6.07) is 7.86. The number of urea groups is 1. The third-order valence-electron chi connectivity index (χ3n) is 5.13. The van der Waals surface area contributed by atoms with E-state index in [0.29, 0.717) is 39.4 Å². The minimum Gasteiger partial charge on any atom is -0.378 e. The Hall–Kier alpha value is -2.94. The molecule has 0 atom stereocenters. The van der Waals surface area contributed by atoms with Crippen LogP contribution in [0.5, 0.6) is 0 Å². The van der Waals surface area contributed by atoms with E-state index in [1.807, 2.05) is 13.0 Å². The summed E-state index contributed by atoms with van der Waals surface area (Å²) >= 11 is 0. The van der Waals surface area contributed by atoms with Gasteiger partial charge in [-0.2, -0.15) is 4.98 Å². The number of nitrogens with one attached hydrogen (secondary N) is 1. The number of halogens is 1. The topological polar surface area (TPSA) is 73.8 Å². The number of anilines is 3. The molecule has 0 saturated carbocycles. The normalized spacial score (nSPS) is 17.4. The van der Waals surface area contributed by atoms with Crippen LogP contribution in [-0.4, -0.2) is 73.4 Å². The average molecular weight is 400 g/mol. The van der Waals surface area contributed by atoms with E-state index in [1.54, 1.807) is 23.1 Å². The highest BCUT2D eigenvalue weighted by Crippen LogP contribution is 2.20. The predicted octanol–water partition coefficient (Wildman–Crippen LogP) is 2.11. The van der Waals surface area contributed by atoms with Crippen molar-refractivity contribution in [1.29, 1.82) is 0 Å². The summed E-state index contributed by atoms with van der Waals surface area (Å²) < 4.78 is 19.2. The van der Waals surface area contributed by atoms with E-state index in [4.69, 9.17) is 9.72 Å². The number of para-hydroxylation sites is 1. The molecule has 154 valence electrons. The lowest BCUT2D eigenvalue weighted by molar-refractivity contribution is 0.122. The van der Waals surface area contributed by atoms with Gasteiger partial charge in [-0.3, -0.25) is 0 Å². The van der Waals surface area contributed by atoms with Gasteiger partial charge < -0.3 is 24.8 Å². The smallest absolute Gasteiger partial charge is 0.322 e. The summed E-state index contributed by atoms with van der Waals surface area (Å²) in [6.45, 7) is 7.29. The number of benzene rings is 1. The number of amides is 2. The van der Waals surface area contributed by atoms with E-state index in [-0.39, 0.29) is 11.7 Å². The lowest BCUT2D eigenvalue weighted by Crippen LogP contribution is -2.50. The van der Waals surface area contributed by atoms with Gasteiger partial charge in [-0.25, -0.2) is 14.2 Å². The van der Waals surface area contributed by atoms with Crippen LogP contribution in [0.15, 0.2) is 30.3 Å². The molecule has 0 aliphatic carbocycles. The third kappa shape index (κ3) is 4.56. The van der Waals surface area contributed by atoms with E-state index in [9.17, 15) is 9.18 Å². The minimum absolute atomic E-state index is 0.196. The zero-order valence-corrected chi connectivity index (χ0v) is 16.5. The molecule has 2 aliphatic heterocycles. The molecule has 0 spiro atoms. The SMILES string of the molecule is Cc1cc(N2CCN(C(=O)Nc3ccccc3F)CC2)nc(N2CCOCC2)n1. The number of piperazine rings is 1. The Morgan fingerprint density at radius 1 is 1.03 bits per heavy atom. The number of carbonyl (C=O) groups is 1. The number of rotatable bonds is 3. The van der Waals surface area contributed by atoms with Crippen LogP contribution < -0.4 is 15.1 Å². The molecule has 29 heavy (non-hydrogen) atoms. The lowest BCUT2D eigenvalue weighted by atomic mass is 10.3. The summed E-state index contributed by atoms with van der Waals surface area (Å²) in [5.41, 5.74) is 1.11. The molecule has 2 saturated heterocycles.